The summed E-state index contributed by atoms with van der Waals surface area (Å²) in [7, 11) is 0. The number of piperazine rings is 2. The van der Waals surface area contributed by atoms with Crippen molar-refractivity contribution in [1.82, 2.24) is 39.7 Å². The van der Waals surface area contributed by atoms with Crippen LogP contribution in [0.2, 0.25) is 20.1 Å². The molecule has 0 spiro atoms. The van der Waals surface area contributed by atoms with E-state index in [0.717, 1.165) is 30.2 Å². The van der Waals surface area contributed by atoms with E-state index in [2.05, 4.69) is 39.9 Å². The number of nitrogens with zero attached hydrogens (tertiary/aromatic N) is 11. The Morgan fingerprint density at radius 1 is 0.739 bits per heavy atom. The van der Waals surface area contributed by atoms with Crippen molar-refractivity contribution in [3.63, 3.8) is 0 Å². The Morgan fingerprint density at radius 2 is 1.28 bits per heavy atom. The van der Waals surface area contributed by atoms with Crippen molar-refractivity contribution >= 4 is 87.0 Å². The Balaban J connectivity index is 0.000000188. The number of halogens is 5. The number of benzene rings is 2. The molecule has 69 heavy (non-hydrogen) atoms. The SMILES string of the molecule is CCOc1cc(N2CCN(C(=O)CCl)CC2)ccc1Cl.Cc1[nH]nc(-c2cccc(C#N)n2)c1Cl.[C-]#[N+]c1cccc(-c2nn(CC(=O)N3CCN(c4ccc(Cl)c(OCC)c4)CC3)c(C)c2Cl)n1. The van der Waals surface area contributed by atoms with Gasteiger partial charge in [0.2, 0.25) is 11.8 Å². The molecule has 21 heteroatoms. The lowest BCUT2D eigenvalue weighted by molar-refractivity contribution is -0.132. The number of aromatic amines is 1. The first-order valence-electron chi connectivity index (χ1n) is 21.9. The average Bonchev–Trinajstić information content (AvgIpc) is 3.87. The number of pyridine rings is 2. The molecule has 2 fully saturated rings. The van der Waals surface area contributed by atoms with E-state index in [1.165, 1.54) is 0 Å². The minimum Gasteiger partial charge on any atom is -0.492 e. The van der Waals surface area contributed by atoms with Gasteiger partial charge in [-0.15, -0.1) is 16.6 Å². The number of carbonyl (C=O) groups excluding carboxylic acids is 2. The van der Waals surface area contributed by atoms with Gasteiger partial charge in [-0.25, -0.2) is 4.98 Å². The van der Waals surface area contributed by atoms with Gasteiger partial charge in [0.05, 0.1) is 50.4 Å². The number of nitrogens with one attached hydrogen (secondary N) is 1. The minimum atomic E-state index is -0.0255. The van der Waals surface area contributed by atoms with Crippen molar-refractivity contribution in [3.8, 4) is 40.3 Å². The van der Waals surface area contributed by atoms with Gasteiger partial charge in [0.25, 0.3) is 5.82 Å². The zero-order valence-corrected chi connectivity index (χ0v) is 42.1. The maximum atomic E-state index is 13.0. The van der Waals surface area contributed by atoms with E-state index in [4.69, 9.17) is 79.3 Å². The van der Waals surface area contributed by atoms with Crippen LogP contribution in [0.1, 0.15) is 30.9 Å². The second-order valence-corrected chi connectivity index (χ2v) is 17.2. The Kier molecular flexibility index (Phi) is 18.8. The average molecular weight is 1040 g/mol. The monoisotopic (exact) mass is 1030 g/mol. The van der Waals surface area contributed by atoms with Crippen molar-refractivity contribution in [2.45, 2.75) is 34.2 Å². The molecule has 16 nitrogen and oxygen atoms in total. The van der Waals surface area contributed by atoms with Crippen molar-refractivity contribution in [3.05, 3.63) is 121 Å². The third kappa shape index (κ3) is 13.3. The molecule has 0 atom stereocenters. The molecule has 360 valence electrons. The van der Waals surface area contributed by atoms with Crippen LogP contribution >= 0.6 is 58.0 Å². The van der Waals surface area contributed by atoms with E-state index in [0.29, 0.717) is 118 Å². The third-order valence-corrected chi connectivity index (χ3v) is 12.8. The highest BCUT2D eigenvalue weighted by Crippen LogP contribution is 2.33. The molecule has 2 saturated heterocycles. The van der Waals surface area contributed by atoms with Crippen LogP contribution < -0.4 is 19.3 Å². The molecule has 0 bridgehead atoms. The standard InChI is InChI=1S/C24H24Cl2N6O2.C14H18Cl2N2O2.C10H7ClN4/c1-4-34-20-14-17(8-9-18(20)25)30-10-12-31(13-11-30)22(33)15-32-16(2)23(26)24(29-32)19-6-5-7-21(27-3)28-19;1-2-20-13-9-11(3-4-12(13)16)17-5-7-18(8-6-17)14(19)10-15;1-6-9(11)10(15-14-6)8-4-2-3-7(5-12)13-8/h5-9,14H,4,10-13,15H2,1-2H3;3-4,9H,2,5-8,10H2,1H3;2-4H,1H3,(H,14,15). The Labute approximate surface area is 426 Å². The highest BCUT2D eigenvalue weighted by Gasteiger charge is 2.26. The summed E-state index contributed by atoms with van der Waals surface area (Å²) in [4.78, 5) is 44.3. The van der Waals surface area contributed by atoms with Gasteiger partial charge in [-0.05, 0) is 76.2 Å². The molecule has 0 unspecified atom stereocenters. The number of ether oxygens (including phenoxy) is 2. The van der Waals surface area contributed by atoms with Crippen LogP contribution in [-0.4, -0.2) is 123 Å². The van der Waals surface area contributed by atoms with Crippen LogP contribution in [0, 0.1) is 31.8 Å². The lowest BCUT2D eigenvalue weighted by Crippen LogP contribution is -2.49. The summed E-state index contributed by atoms with van der Waals surface area (Å²) in [5.41, 5.74) is 6.06. The van der Waals surface area contributed by atoms with Crippen molar-refractivity contribution < 1.29 is 19.1 Å². The number of aromatic nitrogens is 6. The lowest BCUT2D eigenvalue weighted by atomic mass is 10.2. The first-order valence-corrected chi connectivity index (χ1v) is 23.9. The number of nitriles is 1. The molecular weight excluding hydrogens is 986 g/mol. The summed E-state index contributed by atoms with van der Waals surface area (Å²) in [6.07, 6.45) is 0. The summed E-state index contributed by atoms with van der Waals surface area (Å²) in [5, 5.41) is 22.2. The predicted octanol–water partition coefficient (Wildman–Crippen LogP) is 9.79. The number of H-pyrrole nitrogens is 1. The predicted molar refractivity (Wildman–Crippen MR) is 271 cm³/mol. The van der Waals surface area contributed by atoms with Crippen molar-refractivity contribution in [1.29, 1.82) is 5.26 Å². The normalized spacial score (nSPS) is 13.3. The highest BCUT2D eigenvalue weighted by molar-refractivity contribution is 6.34. The quantitative estimate of drug-likeness (QED) is 0.0970. The number of alkyl halides is 1. The molecule has 8 rings (SSSR count). The fourth-order valence-electron chi connectivity index (χ4n) is 7.32. The van der Waals surface area contributed by atoms with E-state index in [9.17, 15) is 9.59 Å². The summed E-state index contributed by atoms with van der Waals surface area (Å²) in [5.74, 6) is 1.66. The second-order valence-electron chi connectivity index (χ2n) is 15.4. The molecule has 2 aliphatic rings. The number of anilines is 2. The summed E-state index contributed by atoms with van der Waals surface area (Å²) >= 11 is 30.4. The van der Waals surface area contributed by atoms with Crippen LogP contribution in [0.25, 0.3) is 27.6 Å². The number of aryl methyl sites for hydroxylation is 1. The second kappa shape index (κ2) is 24.8. The zero-order valence-electron chi connectivity index (χ0n) is 38.4. The van der Waals surface area contributed by atoms with Crippen molar-refractivity contribution in [2.75, 3.05) is 81.3 Å². The van der Waals surface area contributed by atoms with Crippen LogP contribution in [0.4, 0.5) is 17.2 Å². The molecule has 0 aliphatic carbocycles. The van der Waals surface area contributed by atoms with Crippen molar-refractivity contribution in [2.24, 2.45) is 0 Å². The number of rotatable bonds is 11. The van der Waals surface area contributed by atoms with Crippen LogP contribution in [0.5, 0.6) is 11.5 Å². The van der Waals surface area contributed by atoms with Gasteiger partial charge in [-0.1, -0.05) is 65.1 Å². The summed E-state index contributed by atoms with van der Waals surface area (Å²) in [6.45, 7) is 21.4. The van der Waals surface area contributed by atoms with Crippen LogP contribution in [0.15, 0.2) is 72.8 Å². The fourth-order valence-corrected chi connectivity index (χ4v) is 8.25. The Bertz CT molecular complexity index is 2830. The van der Waals surface area contributed by atoms with Gasteiger partial charge in [0.1, 0.15) is 41.4 Å². The van der Waals surface area contributed by atoms with Gasteiger partial charge >= 0.3 is 0 Å². The third-order valence-electron chi connectivity index (χ3n) is 11.0. The number of amides is 2. The Morgan fingerprint density at radius 3 is 1.77 bits per heavy atom. The molecule has 1 N–H and O–H groups in total. The summed E-state index contributed by atoms with van der Waals surface area (Å²) in [6, 6.07) is 23.8. The topological polar surface area (TPSA) is 166 Å². The molecule has 6 heterocycles. The lowest BCUT2D eigenvalue weighted by Gasteiger charge is -2.36. The van der Waals surface area contributed by atoms with Gasteiger partial charge < -0.3 is 33.9 Å². The highest BCUT2D eigenvalue weighted by atomic mass is 35.5. The fraction of sp³-hybridized carbons (Fsp3) is 0.333. The molecule has 2 aromatic carbocycles. The number of hydrogen-bond acceptors (Lipinski definition) is 11. The first kappa shape index (κ1) is 52.1. The largest absolute Gasteiger partial charge is 0.492 e. The van der Waals surface area contributed by atoms with Gasteiger partial charge in [-0.2, -0.15) is 15.5 Å². The minimum absolute atomic E-state index is 0.00238. The van der Waals surface area contributed by atoms with Crippen LogP contribution in [-0.2, 0) is 16.1 Å². The molecule has 0 saturated carbocycles. The summed E-state index contributed by atoms with van der Waals surface area (Å²) < 4.78 is 12.7. The van der Waals surface area contributed by atoms with Gasteiger partial charge in [0.15, 0.2) is 11.4 Å². The van der Waals surface area contributed by atoms with E-state index in [1.54, 1.807) is 46.0 Å². The molecule has 4 aromatic heterocycles. The molecule has 2 aliphatic heterocycles. The maximum absolute atomic E-state index is 13.0. The number of hydrogen-bond donors (Lipinski definition) is 1. The van der Waals surface area contributed by atoms with E-state index >= 15 is 0 Å². The van der Waals surface area contributed by atoms with Crippen LogP contribution in [0.3, 0.4) is 0 Å². The molecule has 0 radical (unpaired) electrons. The zero-order chi connectivity index (χ0) is 49.6. The van der Waals surface area contributed by atoms with E-state index < -0.39 is 0 Å². The molecule has 6 aromatic rings. The van der Waals surface area contributed by atoms with E-state index in [1.807, 2.05) is 75.1 Å². The van der Waals surface area contributed by atoms with Gasteiger partial charge in [0, 0.05) is 75.9 Å². The maximum Gasteiger partial charge on any atom is 0.270 e. The van der Waals surface area contributed by atoms with Gasteiger partial charge in [-0.3, -0.25) is 19.4 Å². The molecule has 2 amide bonds. The number of carbonyl (C=O) groups is 2. The Hall–Kier alpha value is -6.27. The first-order chi connectivity index (χ1) is 33.3. The smallest absolute Gasteiger partial charge is 0.270 e. The molecular formula is C48H49Cl5N12O4. The van der Waals surface area contributed by atoms with E-state index in [-0.39, 0.29) is 30.1 Å².